The smallest absolute Gasteiger partial charge is 0.214 e. The van der Waals surface area contributed by atoms with Crippen molar-refractivity contribution in [2.45, 2.75) is 18.7 Å². The van der Waals surface area contributed by atoms with E-state index >= 15 is 0 Å². The third-order valence-corrected chi connectivity index (χ3v) is 2.34. The molecular weight excluding hydrogens is 200 g/mol. The van der Waals surface area contributed by atoms with E-state index in [0.717, 1.165) is 18.8 Å². The minimum atomic E-state index is 0.142. The normalized spacial score (nSPS) is 12.2. The van der Waals surface area contributed by atoms with Crippen LogP contribution in [0, 0.1) is 0 Å². The summed E-state index contributed by atoms with van der Waals surface area (Å²) in [4.78, 5) is 4.21. The molecule has 0 saturated carbocycles. The summed E-state index contributed by atoms with van der Waals surface area (Å²) >= 11 is 5.97. The molecule has 0 amide bonds. The summed E-state index contributed by atoms with van der Waals surface area (Å²) in [7, 11) is 1.60. The number of rotatable bonds is 5. The second kappa shape index (κ2) is 5.70. The summed E-state index contributed by atoms with van der Waals surface area (Å²) in [5, 5.41) is 3.29. The van der Waals surface area contributed by atoms with Crippen molar-refractivity contribution in [3.8, 4) is 5.88 Å². The highest BCUT2D eigenvalue weighted by Crippen LogP contribution is 2.11. The van der Waals surface area contributed by atoms with Crippen LogP contribution in [0.1, 0.15) is 13.3 Å². The van der Waals surface area contributed by atoms with Gasteiger partial charge in [-0.1, -0.05) is 13.0 Å². The first-order valence-corrected chi connectivity index (χ1v) is 5.09. The SMILES string of the molecule is CCC(Cl)CNc1cccc(OC)n1. The maximum atomic E-state index is 5.97. The van der Waals surface area contributed by atoms with Crippen LogP contribution in [-0.4, -0.2) is 24.0 Å². The fraction of sp³-hybridized carbons (Fsp3) is 0.500. The first-order chi connectivity index (χ1) is 6.76. The molecule has 14 heavy (non-hydrogen) atoms. The van der Waals surface area contributed by atoms with Crippen LogP contribution in [0.15, 0.2) is 18.2 Å². The number of methoxy groups -OCH3 is 1. The van der Waals surface area contributed by atoms with Crippen molar-refractivity contribution < 1.29 is 4.74 Å². The van der Waals surface area contributed by atoms with E-state index in [4.69, 9.17) is 16.3 Å². The number of hydrogen-bond donors (Lipinski definition) is 1. The fourth-order valence-electron chi connectivity index (χ4n) is 0.987. The van der Waals surface area contributed by atoms with E-state index in [2.05, 4.69) is 17.2 Å². The predicted octanol–water partition coefficient (Wildman–Crippen LogP) is 2.52. The Kier molecular flexibility index (Phi) is 4.53. The molecule has 0 aliphatic heterocycles. The zero-order chi connectivity index (χ0) is 10.4. The molecule has 0 aliphatic rings. The van der Waals surface area contributed by atoms with Crippen molar-refractivity contribution in [2.24, 2.45) is 0 Å². The van der Waals surface area contributed by atoms with E-state index in [1.54, 1.807) is 7.11 Å². The van der Waals surface area contributed by atoms with Crippen molar-refractivity contribution in [2.75, 3.05) is 19.0 Å². The number of pyridine rings is 1. The van der Waals surface area contributed by atoms with E-state index in [1.165, 1.54) is 0 Å². The zero-order valence-corrected chi connectivity index (χ0v) is 9.21. The van der Waals surface area contributed by atoms with Crippen LogP contribution in [0.3, 0.4) is 0 Å². The van der Waals surface area contributed by atoms with Crippen molar-refractivity contribution in [3.63, 3.8) is 0 Å². The average Bonchev–Trinajstić information content (AvgIpc) is 2.26. The highest BCUT2D eigenvalue weighted by atomic mass is 35.5. The van der Waals surface area contributed by atoms with Crippen LogP contribution in [-0.2, 0) is 0 Å². The summed E-state index contributed by atoms with van der Waals surface area (Å²) in [6.45, 7) is 2.77. The van der Waals surface area contributed by atoms with E-state index in [0.29, 0.717) is 5.88 Å². The molecule has 78 valence electrons. The summed E-state index contributed by atoms with van der Waals surface area (Å²) < 4.78 is 5.00. The molecule has 0 aromatic carbocycles. The van der Waals surface area contributed by atoms with Crippen LogP contribution in [0.2, 0.25) is 0 Å². The molecule has 1 atom stereocenters. The average molecular weight is 215 g/mol. The maximum absolute atomic E-state index is 5.97. The second-order valence-electron chi connectivity index (χ2n) is 2.95. The summed E-state index contributed by atoms with van der Waals surface area (Å²) in [6.07, 6.45) is 0.943. The Morgan fingerprint density at radius 2 is 2.36 bits per heavy atom. The summed E-state index contributed by atoms with van der Waals surface area (Å²) in [5.41, 5.74) is 0. The molecule has 0 radical (unpaired) electrons. The second-order valence-corrected chi connectivity index (χ2v) is 3.57. The third kappa shape index (κ3) is 3.42. The van der Waals surface area contributed by atoms with E-state index in [-0.39, 0.29) is 5.38 Å². The molecule has 0 aliphatic carbocycles. The number of nitrogens with one attached hydrogen (secondary N) is 1. The number of ether oxygens (including phenoxy) is 1. The molecule has 1 heterocycles. The van der Waals surface area contributed by atoms with Gasteiger partial charge in [0.2, 0.25) is 5.88 Å². The quantitative estimate of drug-likeness (QED) is 0.765. The Morgan fingerprint density at radius 1 is 1.57 bits per heavy atom. The number of aromatic nitrogens is 1. The van der Waals surface area contributed by atoms with E-state index in [9.17, 15) is 0 Å². The molecular formula is C10H15ClN2O. The minimum Gasteiger partial charge on any atom is -0.481 e. The number of nitrogens with zero attached hydrogens (tertiary/aromatic N) is 1. The van der Waals surface area contributed by atoms with Gasteiger partial charge in [-0.15, -0.1) is 11.6 Å². The lowest BCUT2D eigenvalue weighted by Crippen LogP contribution is -2.13. The van der Waals surface area contributed by atoms with Gasteiger partial charge in [0.05, 0.1) is 12.5 Å². The molecule has 1 rings (SSSR count). The molecule has 1 aromatic heterocycles. The Morgan fingerprint density at radius 3 is 3.00 bits per heavy atom. The number of anilines is 1. The molecule has 0 fully saturated rings. The van der Waals surface area contributed by atoms with Crippen LogP contribution in [0.5, 0.6) is 5.88 Å². The van der Waals surface area contributed by atoms with Crippen molar-refractivity contribution >= 4 is 17.4 Å². The molecule has 1 unspecified atom stereocenters. The van der Waals surface area contributed by atoms with Crippen molar-refractivity contribution in [3.05, 3.63) is 18.2 Å². The number of alkyl halides is 1. The third-order valence-electron chi connectivity index (χ3n) is 1.88. The summed E-state index contributed by atoms with van der Waals surface area (Å²) in [6, 6.07) is 5.59. The lowest BCUT2D eigenvalue weighted by Gasteiger charge is -2.09. The van der Waals surface area contributed by atoms with Crippen molar-refractivity contribution in [1.82, 2.24) is 4.98 Å². The van der Waals surface area contributed by atoms with Gasteiger partial charge in [-0.05, 0) is 12.5 Å². The molecule has 0 spiro atoms. The lowest BCUT2D eigenvalue weighted by molar-refractivity contribution is 0.398. The predicted molar refractivity (Wildman–Crippen MR) is 59.2 cm³/mol. The van der Waals surface area contributed by atoms with Gasteiger partial charge in [0.1, 0.15) is 5.82 Å². The van der Waals surface area contributed by atoms with Crippen LogP contribution in [0.4, 0.5) is 5.82 Å². The lowest BCUT2D eigenvalue weighted by atomic mass is 10.3. The highest BCUT2D eigenvalue weighted by Gasteiger charge is 2.01. The topological polar surface area (TPSA) is 34.1 Å². The van der Waals surface area contributed by atoms with Gasteiger partial charge in [0, 0.05) is 12.6 Å². The molecule has 3 nitrogen and oxygen atoms in total. The molecule has 4 heteroatoms. The monoisotopic (exact) mass is 214 g/mol. The van der Waals surface area contributed by atoms with Crippen LogP contribution in [0.25, 0.3) is 0 Å². The van der Waals surface area contributed by atoms with Gasteiger partial charge in [-0.3, -0.25) is 0 Å². The van der Waals surface area contributed by atoms with Gasteiger partial charge in [-0.2, -0.15) is 4.98 Å². The Labute approximate surface area is 89.4 Å². The standard InChI is InChI=1S/C10H15ClN2O/c1-3-8(11)7-12-9-5-4-6-10(13-9)14-2/h4-6,8H,3,7H2,1-2H3,(H,12,13). The summed E-state index contributed by atoms with van der Waals surface area (Å²) in [5.74, 6) is 1.40. The zero-order valence-electron chi connectivity index (χ0n) is 8.46. The van der Waals surface area contributed by atoms with Gasteiger partial charge in [0.25, 0.3) is 0 Å². The minimum absolute atomic E-state index is 0.142. The van der Waals surface area contributed by atoms with Crippen molar-refractivity contribution in [1.29, 1.82) is 0 Å². The number of halogens is 1. The Hall–Kier alpha value is -0.960. The van der Waals surface area contributed by atoms with E-state index in [1.807, 2.05) is 18.2 Å². The van der Waals surface area contributed by atoms with E-state index < -0.39 is 0 Å². The Balaban J connectivity index is 2.50. The molecule has 1 aromatic rings. The first kappa shape index (κ1) is 11.1. The van der Waals surface area contributed by atoms with Crippen LogP contribution < -0.4 is 10.1 Å². The van der Waals surface area contributed by atoms with Gasteiger partial charge < -0.3 is 10.1 Å². The first-order valence-electron chi connectivity index (χ1n) is 4.65. The van der Waals surface area contributed by atoms with Gasteiger partial charge in [0.15, 0.2) is 0 Å². The molecule has 0 saturated heterocycles. The van der Waals surface area contributed by atoms with Gasteiger partial charge >= 0.3 is 0 Å². The number of hydrogen-bond acceptors (Lipinski definition) is 3. The Bertz CT molecular complexity index is 281. The highest BCUT2D eigenvalue weighted by molar-refractivity contribution is 6.20. The largest absolute Gasteiger partial charge is 0.481 e. The molecule has 1 N–H and O–H groups in total. The molecule has 0 bridgehead atoms. The van der Waals surface area contributed by atoms with Gasteiger partial charge in [-0.25, -0.2) is 0 Å². The maximum Gasteiger partial charge on any atom is 0.214 e. The van der Waals surface area contributed by atoms with Crippen LogP contribution >= 0.6 is 11.6 Å². The fourth-order valence-corrected chi connectivity index (χ4v) is 1.06.